The fourth-order valence-corrected chi connectivity index (χ4v) is 4.08. The molecule has 1 aliphatic carbocycles. The van der Waals surface area contributed by atoms with Crippen LogP contribution in [0.4, 0.5) is 10.1 Å². The number of nitrogens with zero attached hydrogens (tertiary/aromatic N) is 1. The van der Waals surface area contributed by atoms with E-state index in [-0.39, 0.29) is 17.9 Å². The molecular weight excluding hydrogens is 409 g/mol. The van der Waals surface area contributed by atoms with Crippen molar-refractivity contribution in [2.75, 3.05) is 11.0 Å². The van der Waals surface area contributed by atoms with Gasteiger partial charge < -0.3 is 10.2 Å². The first kappa shape index (κ1) is 20.1. The fraction of sp³-hybridized carbons (Fsp3) is 0.238. The predicted molar refractivity (Wildman–Crippen MR) is 112 cm³/mol. The maximum atomic E-state index is 14.1. The Morgan fingerprint density at radius 3 is 2.80 bits per heavy atom. The van der Waals surface area contributed by atoms with Crippen LogP contribution >= 0.6 is 0 Å². The van der Waals surface area contributed by atoms with E-state index in [4.69, 9.17) is 4.84 Å². The average Bonchev–Trinajstić information content (AvgIpc) is 3.10. The highest BCUT2D eigenvalue weighted by atomic mass is 32.2. The van der Waals surface area contributed by atoms with Gasteiger partial charge in [0.25, 0.3) is 5.91 Å². The van der Waals surface area contributed by atoms with Crippen LogP contribution in [0.5, 0.6) is 0 Å². The van der Waals surface area contributed by atoms with Gasteiger partial charge >= 0.3 is 0 Å². The largest absolute Gasteiger partial charge is 0.384 e. The summed E-state index contributed by atoms with van der Waals surface area (Å²) in [5.74, 6) is -1.11. The quantitative estimate of drug-likeness (QED) is 0.764. The number of carbonyl (C=O) groups excluding carboxylic acids is 1. The molecule has 2 aromatic carbocycles. The second-order valence-electron chi connectivity index (χ2n) is 7.45. The minimum Gasteiger partial charge on any atom is -0.384 e. The molecule has 30 heavy (non-hydrogen) atoms. The Morgan fingerprint density at radius 2 is 2.03 bits per heavy atom. The summed E-state index contributed by atoms with van der Waals surface area (Å²) in [4.78, 5) is 18.1. The number of hydrogen-bond donors (Lipinski definition) is 2. The summed E-state index contributed by atoms with van der Waals surface area (Å²) in [7, 11) is -3.58. The molecule has 0 saturated heterocycles. The van der Waals surface area contributed by atoms with Gasteiger partial charge in [0.05, 0.1) is 11.9 Å². The van der Waals surface area contributed by atoms with Gasteiger partial charge in [-0.15, -0.1) is 0 Å². The number of benzene rings is 2. The zero-order valence-corrected chi connectivity index (χ0v) is 17.0. The molecule has 156 valence electrons. The maximum absolute atomic E-state index is 14.1. The molecular formula is C21H20FN3O4S. The number of halogens is 1. The molecule has 0 fully saturated rings. The summed E-state index contributed by atoms with van der Waals surface area (Å²) in [5, 5.41) is 6.67. The molecule has 0 aromatic heterocycles. The van der Waals surface area contributed by atoms with Crippen molar-refractivity contribution < 1.29 is 22.4 Å². The van der Waals surface area contributed by atoms with E-state index in [2.05, 4.69) is 15.2 Å². The minimum atomic E-state index is -3.58. The van der Waals surface area contributed by atoms with Crippen LogP contribution in [0, 0.1) is 5.82 Å². The van der Waals surface area contributed by atoms with Crippen LogP contribution in [-0.4, -0.2) is 31.9 Å². The van der Waals surface area contributed by atoms with Crippen molar-refractivity contribution in [2.24, 2.45) is 5.16 Å². The Morgan fingerprint density at radius 1 is 1.23 bits per heavy atom. The van der Waals surface area contributed by atoms with Gasteiger partial charge in [0, 0.05) is 19.4 Å². The standard InChI is InChI=1S/C21H20FN3O4S/c1-30(27,28)25-18-7-6-14(10-17(18)22)13-23-20(26)19-12-21(29-24-19)9-8-15-4-2-3-5-16(15)11-21/h2-10,25H,11-13H2,1H3,(H,23,26). The Labute approximate surface area is 173 Å². The second kappa shape index (κ2) is 7.56. The molecule has 1 heterocycles. The van der Waals surface area contributed by atoms with Crippen molar-refractivity contribution in [3.8, 4) is 0 Å². The number of nitrogens with one attached hydrogen (secondary N) is 2. The van der Waals surface area contributed by atoms with Crippen LogP contribution in [0.25, 0.3) is 6.08 Å². The number of oxime groups is 1. The summed E-state index contributed by atoms with van der Waals surface area (Å²) in [5.41, 5.74) is 2.21. The van der Waals surface area contributed by atoms with Crippen molar-refractivity contribution in [2.45, 2.75) is 25.0 Å². The van der Waals surface area contributed by atoms with E-state index < -0.39 is 27.3 Å². The van der Waals surface area contributed by atoms with Crippen molar-refractivity contribution >= 4 is 33.4 Å². The highest BCUT2D eigenvalue weighted by Crippen LogP contribution is 2.35. The third-order valence-electron chi connectivity index (χ3n) is 4.96. The molecule has 9 heteroatoms. The molecule has 1 aliphatic heterocycles. The summed E-state index contributed by atoms with van der Waals surface area (Å²) >= 11 is 0. The molecule has 0 radical (unpaired) electrons. The average molecular weight is 429 g/mol. The smallest absolute Gasteiger partial charge is 0.269 e. The van der Waals surface area contributed by atoms with Gasteiger partial charge in [0.1, 0.15) is 11.5 Å². The molecule has 2 N–H and O–H groups in total. The SMILES string of the molecule is CS(=O)(=O)Nc1ccc(CNC(=O)C2=NOC3(C=Cc4ccccc4C3)C2)cc1F. The third-order valence-corrected chi connectivity index (χ3v) is 5.55. The molecule has 1 atom stereocenters. The summed E-state index contributed by atoms with van der Waals surface area (Å²) in [6, 6.07) is 12.0. The van der Waals surface area contributed by atoms with E-state index in [1.807, 2.05) is 36.4 Å². The number of amides is 1. The zero-order valence-electron chi connectivity index (χ0n) is 16.2. The van der Waals surface area contributed by atoms with Crippen molar-refractivity contribution in [1.29, 1.82) is 0 Å². The van der Waals surface area contributed by atoms with Crippen molar-refractivity contribution in [3.05, 3.63) is 71.0 Å². The van der Waals surface area contributed by atoms with Crippen molar-refractivity contribution in [1.82, 2.24) is 5.32 Å². The van der Waals surface area contributed by atoms with Gasteiger partial charge in [-0.25, -0.2) is 12.8 Å². The number of anilines is 1. The van der Waals surface area contributed by atoms with Crippen LogP contribution in [0.15, 0.2) is 53.7 Å². The van der Waals surface area contributed by atoms with E-state index >= 15 is 0 Å². The monoisotopic (exact) mass is 429 g/mol. The van der Waals surface area contributed by atoms with Crippen LogP contribution in [0.2, 0.25) is 0 Å². The van der Waals surface area contributed by atoms with E-state index in [1.165, 1.54) is 18.2 Å². The molecule has 1 unspecified atom stereocenters. The molecule has 4 rings (SSSR count). The van der Waals surface area contributed by atoms with E-state index in [1.54, 1.807) is 0 Å². The maximum Gasteiger partial charge on any atom is 0.269 e. The Kier molecular flexibility index (Phi) is 5.07. The lowest BCUT2D eigenvalue weighted by Gasteiger charge is -2.27. The Balaban J connectivity index is 1.36. The normalized spacial score (nSPS) is 19.7. The first-order valence-electron chi connectivity index (χ1n) is 9.30. The minimum absolute atomic E-state index is 0.0690. The second-order valence-corrected chi connectivity index (χ2v) is 9.20. The first-order chi connectivity index (χ1) is 14.2. The van der Waals surface area contributed by atoms with E-state index in [9.17, 15) is 17.6 Å². The van der Waals surface area contributed by atoms with Crippen LogP contribution < -0.4 is 10.0 Å². The molecule has 7 nitrogen and oxygen atoms in total. The highest BCUT2D eigenvalue weighted by molar-refractivity contribution is 7.92. The molecule has 1 amide bonds. The molecule has 1 spiro atoms. The van der Waals surface area contributed by atoms with Crippen LogP contribution in [-0.2, 0) is 32.6 Å². The summed E-state index contributed by atoms with van der Waals surface area (Å²) in [6.45, 7) is 0.0690. The number of hydrogen-bond acceptors (Lipinski definition) is 5. The highest BCUT2D eigenvalue weighted by Gasteiger charge is 2.41. The Hall–Kier alpha value is -3.20. The zero-order chi connectivity index (χ0) is 21.4. The van der Waals surface area contributed by atoms with Gasteiger partial charge in [0.15, 0.2) is 5.60 Å². The van der Waals surface area contributed by atoms with Crippen LogP contribution in [0.3, 0.4) is 0 Å². The lowest BCUT2D eigenvalue weighted by Crippen LogP contribution is -2.36. The molecule has 2 aliphatic rings. The van der Waals surface area contributed by atoms with E-state index in [0.29, 0.717) is 18.4 Å². The van der Waals surface area contributed by atoms with Gasteiger partial charge in [0.2, 0.25) is 10.0 Å². The fourth-order valence-electron chi connectivity index (χ4n) is 3.52. The number of carbonyl (C=O) groups is 1. The molecule has 0 bridgehead atoms. The lowest BCUT2D eigenvalue weighted by molar-refractivity contribution is -0.115. The van der Waals surface area contributed by atoms with Gasteiger partial charge in [-0.3, -0.25) is 9.52 Å². The van der Waals surface area contributed by atoms with Gasteiger partial charge in [-0.05, 0) is 34.9 Å². The van der Waals surface area contributed by atoms with E-state index in [0.717, 1.165) is 17.4 Å². The van der Waals surface area contributed by atoms with Crippen LogP contribution in [0.1, 0.15) is 23.1 Å². The van der Waals surface area contributed by atoms with Gasteiger partial charge in [-0.1, -0.05) is 41.6 Å². The number of fused-ring (bicyclic) bond motifs is 1. The summed E-state index contributed by atoms with van der Waals surface area (Å²) < 4.78 is 38.6. The van der Waals surface area contributed by atoms with Gasteiger partial charge in [-0.2, -0.15) is 0 Å². The third kappa shape index (κ3) is 4.35. The Bertz CT molecular complexity index is 1180. The first-order valence-corrected chi connectivity index (χ1v) is 11.2. The number of rotatable bonds is 5. The number of sulfonamides is 1. The van der Waals surface area contributed by atoms with Crippen molar-refractivity contribution in [3.63, 3.8) is 0 Å². The summed E-state index contributed by atoms with van der Waals surface area (Å²) in [6.07, 6.45) is 5.82. The topological polar surface area (TPSA) is 96.9 Å². The lowest BCUT2D eigenvalue weighted by atomic mass is 9.83. The predicted octanol–water partition coefficient (Wildman–Crippen LogP) is 2.60. The molecule has 2 aromatic rings. The molecule has 0 saturated carbocycles.